The fourth-order valence-corrected chi connectivity index (χ4v) is 3.43. The van der Waals surface area contributed by atoms with E-state index in [0.29, 0.717) is 17.6 Å². The molecule has 0 aliphatic heterocycles. The predicted molar refractivity (Wildman–Crippen MR) is 103 cm³/mol. The van der Waals surface area contributed by atoms with E-state index < -0.39 is 26.6 Å². The van der Waals surface area contributed by atoms with Crippen LogP contribution in [0, 0.1) is 11.6 Å². The summed E-state index contributed by atoms with van der Waals surface area (Å²) in [6.45, 7) is 0. The van der Waals surface area contributed by atoms with E-state index in [4.69, 9.17) is 0 Å². The lowest BCUT2D eigenvalue weighted by Crippen LogP contribution is -2.13. The van der Waals surface area contributed by atoms with Crippen molar-refractivity contribution in [1.29, 1.82) is 0 Å². The zero-order valence-corrected chi connectivity index (χ0v) is 15.8. The topological polar surface area (TPSA) is 87.2 Å². The molecule has 2 N–H and O–H groups in total. The summed E-state index contributed by atoms with van der Waals surface area (Å²) in [5.74, 6) is -1.42. The molecule has 7 nitrogen and oxygen atoms in total. The number of nitrogens with one attached hydrogen (secondary N) is 2. The van der Waals surface area contributed by atoms with Crippen LogP contribution in [0.15, 0.2) is 59.6 Å². The van der Waals surface area contributed by atoms with Crippen molar-refractivity contribution < 1.29 is 17.2 Å². The van der Waals surface area contributed by atoms with Gasteiger partial charge in [-0.3, -0.25) is 4.72 Å². The van der Waals surface area contributed by atoms with Gasteiger partial charge >= 0.3 is 0 Å². The second-order valence-electron chi connectivity index (χ2n) is 6.11. The molecule has 1 heterocycles. The molecule has 0 aliphatic carbocycles. The molecule has 3 aromatic rings. The van der Waals surface area contributed by atoms with E-state index in [-0.39, 0.29) is 5.69 Å². The first-order valence-corrected chi connectivity index (χ1v) is 9.57. The van der Waals surface area contributed by atoms with Crippen LogP contribution in [0.2, 0.25) is 0 Å². The lowest BCUT2D eigenvalue weighted by molar-refractivity contribution is 0.568. The van der Waals surface area contributed by atoms with E-state index in [1.807, 2.05) is 25.1 Å². The molecule has 0 fully saturated rings. The Morgan fingerprint density at radius 2 is 1.54 bits per heavy atom. The molecule has 0 aliphatic rings. The summed E-state index contributed by atoms with van der Waals surface area (Å²) >= 11 is 0. The van der Waals surface area contributed by atoms with Crippen LogP contribution in [0.1, 0.15) is 0 Å². The van der Waals surface area contributed by atoms with E-state index in [0.717, 1.165) is 17.8 Å². The van der Waals surface area contributed by atoms with Crippen LogP contribution in [-0.2, 0) is 10.0 Å². The quantitative estimate of drug-likeness (QED) is 0.654. The van der Waals surface area contributed by atoms with Crippen LogP contribution in [0.3, 0.4) is 0 Å². The molecule has 0 saturated heterocycles. The van der Waals surface area contributed by atoms with Gasteiger partial charge in [0.05, 0.1) is 16.8 Å². The number of hydrogen-bond acceptors (Lipinski definition) is 6. The van der Waals surface area contributed by atoms with Crippen molar-refractivity contribution >= 4 is 32.9 Å². The third-order valence-corrected chi connectivity index (χ3v) is 5.07. The highest BCUT2D eigenvalue weighted by molar-refractivity contribution is 7.92. The Morgan fingerprint density at radius 1 is 0.929 bits per heavy atom. The molecular formula is C18H17F2N5O2S. The van der Waals surface area contributed by atoms with Crippen LogP contribution >= 0.6 is 0 Å². The van der Waals surface area contributed by atoms with Crippen LogP contribution in [-0.4, -0.2) is 32.7 Å². The Balaban J connectivity index is 1.74. The molecule has 0 saturated carbocycles. The summed E-state index contributed by atoms with van der Waals surface area (Å²) in [6, 6.07) is 10.2. The van der Waals surface area contributed by atoms with Crippen molar-refractivity contribution in [3.63, 3.8) is 0 Å². The van der Waals surface area contributed by atoms with Gasteiger partial charge in [-0.2, -0.15) is 5.10 Å². The van der Waals surface area contributed by atoms with Crippen molar-refractivity contribution in [3.8, 4) is 0 Å². The summed E-state index contributed by atoms with van der Waals surface area (Å²) < 4.78 is 53.4. The summed E-state index contributed by atoms with van der Waals surface area (Å²) in [7, 11) is -0.361. The Kier molecular flexibility index (Phi) is 5.41. The molecule has 0 spiro atoms. The first kappa shape index (κ1) is 19.5. The van der Waals surface area contributed by atoms with Crippen LogP contribution in [0.25, 0.3) is 0 Å². The maximum Gasteiger partial charge on any atom is 0.262 e. The van der Waals surface area contributed by atoms with Crippen molar-refractivity contribution in [2.24, 2.45) is 0 Å². The highest BCUT2D eigenvalue weighted by Gasteiger charge is 2.16. The summed E-state index contributed by atoms with van der Waals surface area (Å²) in [6.07, 6.45) is 1.62. The van der Waals surface area contributed by atoms with Gasteiger partial charge in [0.25, 0.3) is 10.0 Å². The van der Waals surface area contributed by atoms with Crippen molar-refractivity contribution in [3.05, 3.63) is 66.4 Å². The highest BCUT2D eigenvalue weighted by Crippen LogP contribution is 2.22. The highest BCUT2D eigenvalue weighted by atomic mass is 32.2. The molecule has 2 aromatic carbocycles. The number of aromatic nitrogens is 2. The summed E-state index contributed by atoms with van der Waals surface area (Å²) in [5.41, 5.74) is 1.76. The second-order valence-corrected chi connectivity index (χ2v) is 7.79. The third-order valence-electron chi connectivity index (χ3n) is 3.71. The summed E-state index contributed by atoms with van der Waals surface area (Å²) in [5, 5.41) is 11.0. The maximum absolute atomic E-state index is 13.3. The lowest BCUT2D eigenvalue weighted by atomic mass is 10.3. The number of rotatable bonds is 6. The first-order chi connectivity index (χ1) is 13.2. The van der Waals surface area contributed by atoms with Crippen LogP contribution in [0.5, 0.6) is 0 Å². The molecular weight excluding hydrogens is 388 g/mol. The van der Waals surface area contributed by atoms with Crippen LogP contribution < -0.4 is 14.9 Å². The minimum absolute atomic E-state index is 0.239. The molecule has 10 heteroatoms. The minimum atomic E-state index is -4.12. The van der Waals surface area contributed by atoms with Gasteiger partial charge in [0.15, 0.2) is 5.82 Å². The van der Waals surface area contributed by atoms with Gasteiger partial charge in [-0.25, -0.2) is 17.2 Å². The average molecular weight is 405 g/mol. The van der Waals surface area contributed by atoms with Gasteiger partial charge in [-0.15, -0.1) is 5.10 Å². The predicted octanol–water partition coefficient (Wildman–Crippen LogP) is 3.37. The van der Waals surface area contributed by atoms with E-state index in [9.17, 15) is 17.2 Å². The fourth-order valence-electron chi connectivity index (χ4n) is 2.33. The average Bonchev–Trinajstić information content (AvgIpc) is 2.62. The first-order valence-electron chi connectivity index (χ1n) is 8.09. The third kappa shape index (κ3) is 4.71. The molecule has 0 bridgehead atoms. The Labute approximate surface area is 161 Å². The summed E-state index contributed by atoms with van der Waals surface area (Å²) in [4.78, 5) is 1.38. The molecule has 0 amide bonds. The molecule has 146 valence electrons. The minimum Gasteiger partial charge on any atom is -0.376 e. The number of nitrogens with zero attached hydrogens (tertiary/aromatic N) is 3. The van der Waals surface area contributed by atoms with E-state index in [1.54, 1.807) is 18.3 Å². The Morgan fingerprint density at radius 3 is 2.14 bits per heavy atom. The van der Waals surface area contributed by atoms with Gasteiger partial charge in [0, 0.05) is 37.6 Å². The van der Waals surface area contributed by atoms with E-state index in [1.165, 1.54) is 12.1 Å². The van der Waals surface area contributed by atoms with Gasteiger partial charge in [-0.05, 0) is 36.4 Å². The number of sulfonamides is 1. The van der Waals surface area contributed by atoms with Gasteiger partial charge in [0.1, 0.15) is 11.6 Å². The van der Waals surface area contributed by atoms with Crippen molar-refractivity contribution in [2.45, 2.75) is 4.90 Å². The van der Waals surface area contributed by atoms with Gasteiger partial charge in [0.2, 0.25) is 0 Å². The SMILES string of the molecule is CN(C)c1cnnc(Nc2ccc(NS(=O)(=O)c3cc(F)cc(F)c3)cc2)c1. The molecule has 28 heavy (non-hydrogen) atoms. The molecule has 1 aromatic heterocycles. The monoisotopic (exact) mass is 405 g/mol. The number of halogens is 2. The smallest absolute Gasteiger partial charge is 0.262 e. The van der Waals surface area contributed by atoms with Crippen LogP contribution in [0.4, 0.5) is 31.7 Å². The zero-order chi connectivity index (χ0) is 20.3. The normalized spacial score (nSPS) is 11.1. The van der Waals surface area contributed by atoms with E-state index >= 15 is 0 Å². The Bertz CT molecular complexity index is 1070. The maximum atomic E-state index is 13.3. The Hall–Kier alpha value is -3.27. The lowest BCUT2D eigenvalue weighted by Gasteiger charge is -2.13. The van der Waals surface area contributed by atoms with Crippen molar-refractivity contribution in [1.82, 2.24) is 10.2 Å². The van der Waals surface area contributed by atoms with Gasteiger partial charge in [-0.1, -0.05) is 0 Å². The molecule has 0 atom stereocenters. The molecule has 0 unspecified atom stereocenters. The second kappa shape index (κ2) is 7.77. The largest absolute Gasteiger partial charge is 0.376 e. The fraction of sp³-hybridized carbons (Fsp3) is 0.111. The van der Waals surface area contributed by atoms with E-state index in [2.05, 4.69) is 20.2 Å². The number of hydrogen-bond donors (Lipinski definition) is 2. The molecule has 0 radical (unpaired) electrons. The zero-order valence-electron chi connectivity index (χ0n) is 15.0. The number of benzene rings is 2. The molecule has 3 rings (SSSR count). The van der Waals surface area contributed by atoms with Gasteiger partial charge < -0.3 is 10.2 Å². The standard InChI is InChI=1S/C18H17F2N5O2S/c1-25(2)16-10-18(23-21-11-16)22-14-3-5-15(6-4-14)24-28(26,27)17-8-12(19)7-13(20)9-17/h3-11,24H,1-2H3,(H,22,23). The number of anilines is 4. The van der Waals surface area contributed by atoms with Crippen molar-refractivity contribution in [2.75, 3.05) is 29.0 Å².